The van der Waals surface area contributed by atoms with Crippen LogP contribution in [0.5, 0.6) is 0 Å². The molecule has 0 aliphatic heterocycles. The van der Waals surface area contributed by atoms with Gasteiger partial charge >= 0.3 is 0 Å². The van der Waals surface area contributed by atoms with Crippen molar-refractivity contribution in [2.24, 2.45) is 35.5 Å². The number of rotatable bonds is 8. The molecule has 5 atom stereocenters. The summed E-state index contributed by atoms with van der Waals surface area (Å²) in [5, 5.41) is 0. The van der Waals surface area contributed by atoms with Gasteiger partial charge in [-0.2, -0.15) is 0 Å². The molecule has 0 amide bonds. The molecule has 0 aromatic heterocycles. The van der Waals surface area contributed by atoms with Gasteiger partial charge in [0.05, 0.1) is 0 Å². The zero-order valence-electron chi connectivity index (χ0n) is 12.4. The molecule has 0 aromatic rings. The lowest BCUT2D eigenvalue weighted by atomic mass is 9.99. The van der Waals surface area contributed by atoms with Crippen molar-refractivity contribution in [3.05, 3.63) is 0 Å². The Morgan fingerprint density at radius 2 is 1.65 bits per heavy atom. The maximum absolute atomic E-state index is 2.43. The highest BCUT2D eigenvalue weighted by atomic mass is 14.6. The van der Waals surface area contributed by atoms with Crippen molar-refractivity contribution >= 4 is 0 Å². The molecule has 0 N–H and O–H groups in total. The Bertz CT molecular complexity index is 230. The summed E-state index contributed by atoms with van der Waals surface area (Å²) in [6.07, 6.45) is 10.5. The van der Waals surface area contributed by atoms with E-state index in [-0.39, 0.29) is 0 Å². The van der Waals surface area contributed by atoms with Crippen LogP contribution in [0, 0.1) is 35.5 Å². The molecule has 17 heavy (non-hydrogen) atoms. The zero-order valence-corrected chi connectivity index (χ0v) is 12.4. The van der Waals surface area contributed by atoms with Crippen molar-refractivity contribution in [1.82, 2.24) is 0 Å². The maximum Gasteiger partial charge on any atom is -0.0352 e. The second-order valence-corrected chi connectivity index (χ2v) is 7.39. The van der Waals surface area contributed by atoms with Crippen molar-refractivity contribution in [3.63, 3.8) is 0 Å². The van der Waals surface area contributed by atoms with Gasteiger partial charge in [-0.05, 0) is 54.8 Å². The number of hydrogen-bond donors (Lipinski definition) is 0. The predicted molar refractivity (Wildman–Crippen MR) is 76.0 cm³/mol. The van der Waals surface area contributed by atoms with Gasteiger partial charge in [-0.1, -0.05) is 53.4 Å². The van der Waals surface area contributed by atoms with E-state index in [2.05, 4.69) is 27.7 Å². The molecule has 0 heteroatoms. The molecule has 5 unspecified atom stereocenters. The molecule has 100 valence electrons. The normalized spacial score (nSPS) is 37.2. The lowest BCUT2D eigenvalue weighted by Crippen LogP contribution is -1.97. The fraction of sp³-hybridized carbons (Fsp3) is 1.00. The van der Waals surface area contributed by atoms with E-state index in [1.54, 1.807) is 12.8 Å². The highest BCUT2D eigenvalue weighted by Crippen LogP contribution is 2.60. The van der Waals surface area contributed by atoms with E-state index in [1.807, 2.05) is 0 Å². The summed E-state index contributed by atoms with van der Waals surface area (Å²) < 4.78 is 0. The zero-order chi connectivity index (χ0) is 12.4. The summed E-state index contributed by atoms with van der Waals surface area (Å²) in [5.74, 6) is 6.48. The topological polar surface area (TPSA) is 0 Å². The Balaban J connectivity index is 1.55. The molecule has 2 aliphatic carbocycles. The molecule has 0 aromatic carbocycles. The van der Waals surface area contributed by atoms with E-state index in [9.17, 15) is 0 Å². The van der Waals surface area contributed by atoms with Gasteiger partial charge in [0.25, 0.3) is 0 Å². The van der Waals surface area contributed by atoms with Crippen LogP contribution in [0.3, 0.4) is 0 Å². The Labute approximate surface area is 109 Å². The molecule has 0 saturated heterocycles. The Kier molecular flexibility index (Phi) is 4.55. The van der Waals surface area contributed by atoms with E-state index in [1.165, 1.54) is 32.1 Å². The largest absolute Gasteiger partial charge is 0.0651 e. The molecule has 2 aliphatic rings. The van der Waals surface area contributed by atoms with E-state index in [0.29, 0.717) is 0 Å². The van der Waals surface area contributed by atoms with Gasteiger partial charge < -0.3 is 0 Å². The fourth-order valence-electron chi connectivity index (χ4n) is 3.67. The van der Waals surface area contributed by atoms with Gasteiger partial charge in [0.15, 0.2) is 0 Å². The van der Waals surface area contributed by atoms with Crippen LogP contribution < -0.4 is 0 Å². The molecule has 2 fully saturated rings. The van der Waals surface area contributed by atoms with E-state index >= 15 is 0 Å². The van der Waals surface area contributed by atoms with Crippen LogP contribution in [-0.4, -0.2) is 0 Å². The standard InChI is InChI=1S/C17H32/c1-5-13(4)9-15-11-17(15)16-10-14(16)8-6-7-12(2)3/h12-17H,5-11H2,1-4H3. The Morgan fingerprint density at radius 3 is 2.29 bits per heavy atom. The number of hydrogen-bond acceptors (Lipinski definition) is 0. The Morgan fingerprint density at radius 1 is 1.00 bits per heavy atom. The first-order chi connectivity index (χ1) is 8.11. The first-order valence-corrected chi connectivity index (χ1v) is 8.11. The first kappa shape index (κ1) is 13.4. The summed E-state index contributed by atoms with van der Waals surface area (Å²) in [5.41, 5.74) is 0. The van der Waals surface area contributed by atoms with Crippen LogP contribution in [0.25, 0.3) is 0 Å². The van der Waals surface area contributed by atoms with Gasteiger partial charge in [-0.15, -0.1) is 0 Å². The second-order valence-electron chi connectivity index (χ2n) is 7.39. The average molecular weight is 236 g/mol. The fourth-order valence-corrected chi connectivity index (χ4v) is 3.67. The molecule has 0 spiro atoms. The monoisotopic (exact) mass is 236 g/mol. The molecule has 0 radical (unpaired) electrons. The first-order valence-electron chi connectivity index (χ1n) is 8.11. The lowest BCUT2D eigenvalue weighted by Gasteiger charge is -2.07. The minimum Gasteiger partial charge on any atom is -0.0651 e. The van der Waals surface area contributed by atoms with E-state index < -0.39 is 0 Å². The lowest BCUT2D eigenvalue weighted by molar-refractivity contribution is 0.439. The van der Waals surface area contributed by atoms with Gasteiger partial charge in [-0.3, -0.25) is 0 Å². The quantitative estimate of drug-likeness (QED) is 0.520. The van der Waals surface area contributed by atoms with Gasteiger partial charge in [0.1, 0.15) is 0 Å². The molecule has 0 bridgehead atoms. The van der Waals surface area contributed by atoms with Crippen LogP contribution in [0.2, 0.25) is 0 Å². The third-order valence-corrected chi connectivity index (χ3v) is 5.26. The molecular weight excluding hydrogens is 204 g/mol. The molecule has 0 heterocycles. The summed E-state index contributed by atoms with van der Waals surface area (Å²) in [4.78, 5) is 0. The minimum absolute atomic E-state index is 0.909. The minimum atomic E-state index is 0.909. The molecular formula is C17H32. The van der Waals surface area contributed by atoms with Crippen LogP contribution in [-0.2, 0) is 0 Å². The van der Waals surface area contributed by atoms with Gasteiger partial charge in [0, 0.05) is 0 Å². The molecule has 2 rings (SSSR count). The summed E-state index contributed by atoms with van der Waals surface area (Å²) in [7, 11) is 0. The smallest absolute Gasteiger partial charge is 0.0352 e. The average Bonchev–Trinajstić information content (AvgIpc) is 3.13. The summed E-state index contributed by atoms with van der Waals surface area (Å²) in [6, 6.07) is 0. The van der Waals surface area contributed by atoms with Crippen molar-refractivity contribution in [2.75, 3.05) is 0 Å². The van der Waals surface area contributed by atoms with Crippen molar-refractivity contribution in [1.29, 1.82) is 0 Å². The van der Waals surface area contributed by atoms with Crippen LogP contribution in [0.1, 0.15) is 72.6 Å². The van der Waals surface area contributed by atoms with Crippen LogP contribution in [0.4, 0.5) is 0 Å². The molecule has 0 nitrogen and oxygen atoms in total. The van der Waals surface area contributed by atoms with E-state index in [4.69, 9.17) is 0 Å². The SMILES string of the molecule is CCC(C)CC1CC1C1CC1CCCC(C)C. The maximum atomic E-state index is 2.43. The second kappa shape index (κ2) is 5.76. The summed E-state index contributed by atoms with van der Waals surface area (Å²) in [6.45, 7) is 9.48. The van der Waals surface area contributed by atoms with Crippen LogP contribution >= 0.6 is 0 Å². The van der Waals surface area contributed by atoms with Crippen LogP contribution in [0.15, 0.2) is 0 Å². The Hall–Kier alpha value is 0. The van der Waals surface area contributed by atoms with Gasteiger partial charge in [-0.25, -0.2) is 0 Å². The predicted octanol–water partition coefficient (Wildman–Crippen LogP) is 5.52. The van der Waals surface area contributed by atoms with Crippen molar-refractivity contribution < 1.29 is 0 Å². The molecule has 2 saturated carbocycles. The highest BCUT2D eigenvalue weighted by Gasteiger charge is 2.52. The third kappa shape index (κ3) is 4.00. The van der Waals surface area contributed by atoms with Crippen molar-refractivity contribution in [3.8, 4) is 0 Å². The van der Waals surface area contributed by atoms with E-state index in [0.717, 1.165) is 35.5 Å². The van der Waals surface area contributed by atoms with Crippen molar-refractivity contribution in [2.45, 2.75) is 72.6 Å². The highest BCUT2D eigenvalue weighted by molar-refractivity contribution is 5.01. The third-order valence-electron chi connectivity index (χ3n) is 5.26. The summed E-state index contributed by atoms with van der Waals surface area (Å²) >= 11 is 0. The van der Waals surface area contributed by atoms with Gasteiger partial charge in [0.2, 0.25) is 0 Å².